The van der Waals surface area contributed by atoms with E-state index in [9.17, 15) is 13.2 Å². The fourth-order valence-corrected chi connectivity index (χ4v) is 1.91. The topological polar surface area (TPSA) is 48.1 Å². The Morgan fingerprint density at radius 1 is 1.30 bits per heavy atom. The molecule has 0 aliphatic carbocycles. The molecule has 0 saturated heterocycles. The van der Waals surface area contributed by atoms with E-state index in [2.05, 4.69) is 17.2 Å². The van der Waals surface area contributed by atoms with Crippen LogP contribution in [0.3, 0.4) is 0 Å². The molecular formula is C13H11F3N2OS. The molecule has 1 aromatic heterocycles. The molecule has 0 bridgehead atoms. The third kappa shape index (κ3) is 3.16. The quantitative estimate of drug-likeness (QED) is 0.882. The molecule has 0 aliphatic rings. The molecule has 0 saturated carbocycles. The van der Waals surface area contributed by atoms with E-state index in [1.807, 2.05) is 0 Å². The Balaban J connectivity index is 2.22. The lowest BCUT2D eigenvalue weighted by Crippen LogP contribution is -2.38. The van der Waals surface area contributed by atoms with Gasteiger partial charge in [0.05, 0.1) is 4.99 Å². The Morgan fingerprint density at radius 3 is 2.65 bits per heavy atom. The van der Waals surface area contributed by atoms with Gasteiger partial charge in [0.15, 0.2) is 0 Å². The molecule has 1 aromatic carbocycles. The van der Waals surface area contributed by atoms with Crippen LogP contribution in [-0.2, 0) is 0 Å². The SMILES string of the molecule is NC(=S)C(COc1cccc2cccnc12)C(F)(F)F. The summed E-state index contributed by atoms with van der Waals surface area (Å²) in [6.45, 7) is -0.658. The Bertz CT molecular complexity index is 625. The summed E-state index contributed by atoms with van der Waals surface area (Å²) >= 11 is 4.44. The van der Waals surface area contributed by atoms with Crippen LogP contribution in [0.1, 0.15) is 0 Å². The lowest BCUT2D eigenvalue weighted by Gasteiger charge is -2.19. The lowest BCUT2D eigenvalue weighted by atomic mass is 10.1. The van der Waals surface area contributed by atoms with Crippen molar-refractivity contribution in [1.82, 2.24) is 4.98 Å². The monoisotopic (exact) mass is 300 g/mol. The van der Waals surface area contributed by atoms with E-state index in [1.54, 1.807) is 36.5 Å². The fraction of sp³-hybridized carbons (Fsp3) is 0.231. The minimum absolute atomic E-state index is 0.272. The molecule has 106 valence electrons. The first-order valence-electron chi connectivity index (χ1n) is 5.72. The van der Waals surface area contributed by atoms with Crippen LogP contribution in [0.4, 0.5) is 13.2 Å². The van der Waals surface area contributed by atoms with E-state index in [0.717, 1.165) is 5.39 Å². The number of benzene rings is 1. The summed E-state index contributed by atoms with van der Waals surface area (Å²) in [5.41, 5.74) is 5.61. The number of fused-ring (bicyclic) bond motifs is 1. The number of hydrogen-bond donors (Lipinski definition) is 1. The normalized spacial score (nSPS) is 13.2. The number of pyridine rings is 1. The first kappa shape index (κ1) is 14.5. The third-order valence-corrected chi connectivity index (χ3v) is 3.02. The second-order valence-electron chi connectivity index (χ2n) is 4.14. The Hall–Kier alpha value is -1.89. The summed E-state index contributed by atoms with van der Waals surface area (Å²) in [7, 11) is 0. The van der Waals surface area contributed by atoms with Gasteiger partial charge < -0.3 is 10.5 Å². The number of thiocarbonyl (C=S) groups is 1. The van der Waals surface area contributed by atoms with Crippen LogP contribution < -0.4 is 10.5 Å². The zero-order valence-corrected chi connectivity index (χ0v) is 11.0. The highest BCUT2D eigenvalue weighted by Gasteiger charge is 2.42. The van der Waals surface area contributed by atoms with Gasteiger partial charge in [-0.3, -0.25) is 4.98 Å². The van der Waals surface area contributed by atoms with Crippen molar-refractivity contribution in [2.45, 2.75) is 6.18 Å². The molecule has 0 aliphatic heterocycles. The molecule has 3 nitrogen and oxygen atoms in total. The maximum absolute atomic E-state index is 12.7. The highest BCUT2D eigenvalue weighted by molar-refractivity contribution is 7.80. The fourth-order valence-electron chi connectivity index (χ4n) is 1.70. The molecule has 1 atom stereocenters. The van der Waals surface area contributed by atoms with Crippen molar-refractivity contribution in [3.8, 4) is 5.75 Å². The zero-order chi connectivity index (χ0) is 14.8. The second kappa shape index (κ2) is 5.62. The van der Waals surface area contributed by atoms with E-state index in [-0.39, 0.29) is 5.75 Å². The minimum atomic E-state index is -4.52. The van der Waals surface area contributed by atoms with Crippen LogP contribution in [-0.4, -0.2) is 22.8 Å². The lowest BCUT2D eigenvalue weighted by molar-refractivity contribution is -0.161. The van der Waals surface area contributed by atoms with Gasteiger partial charge in [-0.1, -0.05) is 30.4 Å². The van der Waals surface area contributed by atoms with Crippen LogP contribution in [0.25, 0.3) is 10.9 Å². The third-order valence-electron chi connectivity index (χ3n) is 2.74. The molecule has 0 radical (unpaired) electrons. The summed E-state index contributed by atoms with van der Waals surface area (Å²) in [4.78, 5) is 3.46. The average molecular weight is 300 g/mol. The Labute approximate surface area is 118 Å². The Kier molecular flexibility index (Phi) is 4.08. The van der Waals surface area contributed by atoms with Gasteiger partial charge in [0.2, 0.25) is 0 Å². The van der Waals surface area contributed by atoms with Crippen LogP contribution in [0, 0.1) is 5.92 Å². The highest BCUT2D eigenvalue weighted by Crippen LogP contribution is 2.29. The van der Waals surface area contributed by atoms with Crippen molar-refractivity contribution in [3.63, 3.8) is 0 Å². The largest absolute Gasteiger partial charge is 0.490 e. The van der Waals surface area contributed by atoms with Crippen molar-refractivity contribution >= 4 is 28.1 Å². The summed E-state index contributed by atoms with van der Waals surface area (Å²) in [6, 6.07) is 8.57. The minimum Gasteiger partial charge on any atom is -0.490 e. The Morgan fingerprint density at radius 2 is 2.00 bits per heavy atom. The van der Waals surface area contributed by atoms with Crippen LogP contribution >= 0.6 is 12.2 Å². The summed E-state index contributed by atoms with van der Waals surface area (Å²) in [6.07, 6.45) is -2.98. The summed E-state index contributed by atoms with van der Waals surface area (Å²) < 4.78 is 43.4. The number of ether oxygens (including phenoxy) is 1. The number of nitrogens with zero attached hydrogens (tertiary/aromatic N) is 1. The predicted molar refractivity (Wildman–Crippen MR) is 73.6 cm³/mol. The molecule has 20 heavy (non-hydrogen) atoms. The number of aromatic nitrogens is 1. The predicted octanol–water partition coefficient (Wildman–Crippen LogP) is 3.08. The number of halogens is 3. The molecule has 0 fully saturated rings. The molecule has 1 unspecified atom stereocenters. The molecule has 2 aromatic rings. The van der Waals surface area contributed by atoms with Gasteiger partial charge in [-0.2, -0.15) is 13.2 Å². The molecule has 2 N–H and O–H groups in total. The van der Waals surface area contributed by atoms with Crippen molar-refractivity contribution in [2.75, 3.05) is 6.61 Å². The maximum Gasteiger partial charge on any atom is 0.401 e. The van der Waals surface area contributed by atoms with E-state index in [0.29, 0.717) is 5.52 Å². The number of nitrogens with two attached hydrogens (primary N) is 1. The maximum atomic E-state index is 12.7. The first-order chi connectivity index (χ1) is 9.39. The van der Waals surface area contributed by atoms with Gasteiger partial charge in [0, 0.05) is 11.6 Å². The van der Waals surface area contributed by atoms with Crippen LogP contribution in [0.2, 0.25) is 0 Å². The first-order valence-corrected chi connectivity index (χ1v) is 6.13. The zero-order valence-electron chi connectivity index (χ0n) is 10.2. The molecule has 7 heteroatoms. The standard InChI is InChI=1S/C13H11F3N2OS/c14-13(15,16)9(12(17)20)7-19-10-5-1-3-8-4-2-6-18-11(8)10/h1-6,9H,7H2,(H2,17,20). The molecule has 0 amide bonds. The van der Waals surface area contributed by atoms with E-state index >= 15 is 0 Å². The number of rotatable bonds is 4. The van der Waals surface area contributed by atoms with E-state index < -0.39 is 23.7 Å². The van der Waals surface area contributed by atoms with Gasteiger partial charge in [0.1, 0.15) is 23.8 Å². The van der Waals surface area contributed by atoms with E-state index in [4.69, 9.17) is 10.5 Å². The van der Waals surface area contributed by atoms with Gasteiger partial charge >= 0.3 is 6.18 Å². The highest BCUT2D eigenvalue weighted by atomic mass is 32.1. The number of alkyl halides is 3. The van der Waals surface area contributed by atoms with Crippen molar-refractivity contribution in [1.29, 1.82) is 0 Å². The van der Waals surface area contributed by atoms with E-state index in [1.165, 1.54) is 0 Å². The second-order valence-corrected chi connectivity index (χ2v) is 4.61. The van der Waals surface area contributed by atoms with Gasteiger partial charge in [-0.15, -0.1) is 0 Å². The van der Waals surface area contributed by atoms with Crippen molar-refractivity contribution in [3.05, 3.63) is 36.5 Å². The van der Waals surface area contributed by atoms with Crippen molar-refractivity contribution < 1.29 is 17.9 Å². The van der Waals surface area contributed by atoms with Gasteiger partial charge in [-0.25, -0.2) is 0 Å². The van der Waals surface area contributed by atoms with Crippen LogP contribution in [0.15, 0.2) is 36.5 Å². The van der Waals surface area contributed by atoms with Gasteiger partial charge in [-0.05, 0) is 12.1 Å². The van der Waals surface area contributed by atoms with Gasteiger partial charge in [0.25, 0.3) is 0 Å². The average Bonchev–Trinajstić information content (AvgIpc) is 2.37. The smallest absolute Gasteiger partial charge is 0.401 e. The van der Waals surface area contributed by atoms with Crippen LogP contribution in [0.5, 0.6) is 5.75 Å². The summed E-state index contributed by atoms with van der Waals surface area (Å²) in [5, 5.41) is 0.781. The molecular weight excluding hydrogens is 289 g/mol. The number of para-hydroxylation sites is 1. The number of hydrogen-bond acceptors (Lipinski definition) is 3. The van der Waals surface area contributed by atoms with Crippen molar-refractivity contribution in [2.24, 2.45) is 11.7 Å². The molecule has 1 heterocycles. The molecule has 2 rings (SSSR count). The molecule has 0 spiro atoms. The summed E-state index contributed by atoms with van der Waals surface area (Å²) in [5.74, 6) is -1.70.